The first-order valence-corrected chi connectivity index (χ1v) is 7.77. The molecule has 2 aromatic rings. The summed E-state index contributed by atoms with van der Waals surface area (Å²) in [7, 11) is 0. The van der Waals surface area contributed by atoms with Gasteiger partial charge in [-0.05, 0) is 25.0 Å². The molecule has 0 bridgehead atoms. The van der Waals surface area contributed by atoms with Crippen molar-refractivity contribution in [2.45, 2.75) is 39.5 Å². The van der Waals surface area contributed by atoms with Gasteiger partial charge >= 0.3 is 0 Å². The minimum Gasteiger partial charge on any atom is -0.360 e. The SMILES string of the molecule is CCCCC(CC)C(=O)c1c[nH]c2cc(Br)ccc12. The lowest BCUT2D eigenvalue weighted by Crippen LogP contribution is -2.13. The number of hydrogen-bond donors (Lipinski definition) is 1. The standard InChI is InChI=1S/C16H20BrNO/c1-3-5-6-11(4-2)16(19)14-10-18-15-9-12(17)7-8-13(14)15/h7-11,18H,3-6H2,1-2H3. The topological polar surface area (TPSA) is 32.9 Å². The molecule has 2 nitrogen and oxygen atoms in total. The van der Waals surface area contributed by atoms with Crippen LogP contribution in [-0.2, 0) is 0 Å². The Balaban J connectivity index is 2.30. The summed E-state index contributed by atoms with van der Waals surface area (Å²) in [6, 6.07) is 6.01. The van der Waals surface area contributed by atoms with Crippen molar-refractivity contribution in [1.29, 1.82) is 0 Å². The molecule has 0 aliphatic heterocycles. The first kappa shape index (κ1) is 14.3. The third-order valence-corrected chi connectivity index (χ3v) is 4.17. The molecule has 0 aliphatic carbocycles. The van der Waals surface area contributed by atoms with E-state index < -0.39 is 0 Å². The molecular formula is C16H20BrNO. The van der Waals surface area contributed by atoms with Gasteiger partial charge in [-0.2, -0.15) is 0 Å². The Morgan fingerprint density at radius 1 is 1.37 bits per heavy atom. The highest BCUT2D eigenvalue weighted by molar-refractivity contribution is 9.10. The lowest BCUT2D eigenvalue weighted by molar-refractivity contribution is 0.0910. The molecule has 0 amide bonds. The molecule has 3 heteroatoms. The first-order chi connectivity index (χ1) is 9.17. The number of carbonyl (C=O) groups excluding carboxylic acids is 1. The number of Topliss-reactive ketones (excluding diaryl/α,β-unsaturated/α-hetero) is 1. The van der Waals surface area contributed by atoms with Crippen LogP contribution >= 0.6 is 15.9 Å². The van der Waals surface area contributed by atoms with Crippen molar-refractivity contribution in [3.05, 3.63) is 34.4 Å². The van der Waals surface area contributed by atoms with E-state index in [4.69, 9.17) is 0 Å². The predicted molar refractivity (Wildman–Crippen MR) is 83.6 cm³/mol. The Morgan fingerprint density at radius 2 is 2.16 bits per heavy atom. The molecule has 19 heavy (non-hydrogen) atoms. The maximum Gasteiger partial charge on any atom is 0.168 e. The van der Waals surface area contributed by atoms with Crippen LogP contribution in [0.2, 0.25) is 0 Å². The van der Waals surface area contributed by atoms with Crippen LogP contribution in [0.4, 0.5) is 0 Å². The molecule has 1 aromatic heterocycles. The molecule has 1 atom stereocenters. The summed E-state index contributed by atoms with van der Waals surface area (Å²) in [4.78, 5) is 15.8. The molecule has 1 aromatic carbocycles. The number of aromatic amines is 1. The van der Waals surface area contributed by atoms with Crippen molar-refractivity contribution in [3.8, 4) is 0 Å². The van der Waals surface area contributed by atoms with E-state index in [1.54, 1.807) is 0 Å². The summed E-state index contributed by atoms with van der Waals surface area (Å²) in [5.41, 5.74) is 1.86. The van der Waals surface area contributed by atoms with Crippen LogP contribution in [0.1, 0.15) is 49.9 Å². The molecule has 0 spiro atoms. The van der Waals surface area contributed by atoms with Gasteiger partial charge in [-0.3, -0.25) is 4.79 Å². The Bertz CT molecular complexity index is 573. The molecule has 2 rings (SSSR count). The Hall–Kier alpha value is -1.09. The largest absolute Gasteiger partial charge is 0.360 e. The molecule has 0 saturated carbocycles. The molecule has 0 fully saturated rings. The molecular weight excluding hydrogens is 302 g/mol. The van der Waals surface area contributed by atoms with E-state index in [1.165, 1.54) is 0 Å². The third-order valence-electron chi connectivity index (χ3n) is 3.68. The summed E-state index contributed by atoms with van der Waals surface area (Å²) in [5, 5.41) is 1.03. The number of aromatic nitrogens is 1. The zero-order chi connectivity index (χ0) is 13.8. The number of carbonyl (C=O) groups is 1. The van der Waals surface area contributed by atoms with Gasteiger partial charge in [0, 0.05) is 33.1 Å². The number of halogens is 1. The summed E-state index contributed by atoms with van der Waals surface area (Å²) in [6.45, 7) is 4.27. The smallest absolute Gasteiger partial charge is 0.168 e. The number of ketones is 1. The fourth-order valence-corrected chi connectivity index (χ4v) is 2.85. The molecule has 0 aliphatic rings. The van der Waals surface area contributed by atoms with Gasteiger partial charge in [0.25, 0.3) is 0 Å². The van der Waals surface area contributed by atoms with E-state index >= 15 is 0 Å². The van der Waals surface area contributed by atoms with E-state index in [9.17, 15) is 4.79 Å². The maximum absolute atomic E-state index is 12.6. The van der Waals surface area contributed by atoms with E-state index in [-0.39, 0.29) is 11.7 Å². The van der Waals surface area contributed by atoms with E-state index in [1.807, 2.05) is 24.4 Å². The monoisotopic (exact) mass is 321 g/mol. The van der Waals surface area contributed by atoms with Crippen molar-refractivity contribution in [1.82, 2.24) is 4.98 Å². The molecule has 102 valence electrons. The van der Waals surface area contributed by atoms with Crippen molar-refractivity contribution in [2.75, 3.05) is 0 Å². The number of fused-ring (bicyclic) bond motifs is 1. The zero-order valence-corrected chi connectivity index (χ0v) is 13.1. The van der Waals surface area contributed by atoms with Gasteiger partial charge in [0.15, 0.2) is 5.78 Å². The lowest BCUT2D eigenvalue weighted by Gasteiger charge is -2.12. The summed E-state index contributed by atoms with van der Waals surface area (Å²) >= 11 is 3.45. The van der Waals surface area contributed by atoms with Crippen LogP contribution in [0.3, 0.4) is 0 Å². The van der Waals surface area contributed by atoms with Crippen LogP contribution in [-0.4, -0.2) is 10.8 Å². The van der Waals surface area contributed by atoms with Crippen molar-refractivity contribution >= 4 is 32.6 Å². The van der Waals surface area contributed by atoms with Crippen molar-refractivity contribution in [3.63, 3.8) is 0 Å². The molecule has 0 saturated heterocycles. The Morgan fingerprint density at radius 3 is 2.84 bits per heavy atom. The van der Waals surface area contributed by atoms with Crippen LogP contribution in [0.25, 0.3) is 10.9 Å². The molecule has 1 unspecified atom stereocenters. The van der Waals surface area contributed by atoms with Gasteiger partial charge in [0.1, 0.15) is 0 Å². The minimum atomic E-state index is 0.155. The average molecular weight is 322 g/mol. The molecule has 1 N–H and O–H groups in total. The van der Waals surface area contributed by atoms with Crippen LogP contribution < -0.4 is 0 Å². The fourth-order valence-electron chi connectivity index (χ4n) is 2.49. The number of hydrogen-bond acceptors (Lipinski definition) is 1. The second-order valence-corrected chi connectivity index (χ2v) is 5.92. The second-order valence-electron chi connectivity index (χ2n) is 5.00. The van der Waals surface area contributed by atoms with Gasteiger partial charge in [-0.15, -0.1) is 0 Å². The molecule has 0 radical (unpaired) electrons. The van der Waals surface area contributed by atoms with Crippen molar-refractivity contribution < 1.29 is 4.79 Å². The van der Waals surface area contributed by atoms with Gasteiger partial charge in [-0.25, -0.2) is 0 Å². The summed E-state index contributed by atoms with van der Waals surface area (Å²) < 4.78 is 1.03. The third kappa shape index (κ3) is 3.08. The second kappa shape index (κ2) is 6.38. The number of unbranched alkanes of at least 4 members (excludes halogenated alkanes) is 1. The predicted octanol–water partition coefficient (Wildman–Crippen LogP) is 5.33. The highest BCUT2D eigenvalue weighted by Crippen LogP contribution is 2.26. The maximum atomic E-state index is 12.6. The van der Waals surface area contributed by atoms with Gasteiger partial charge in [0.2, 0.25) is 0 Å². The molecule has 1 heterocycles. The van der Waals surface area contributed by atoms with E-state index in [0.29, 0.717) is 0 Å². The number of H-pyrrole nitrogens is 1. The highest BCUT2D eigenvalue weighted by atomic mass is 79.9. The number of benzene rings is 1. The zero-order valence-electron chi connectivity index (χ0n) is 11.5. The fraction of sp³-hybridized carbons (Fsp3) is 0.438. The van der Waals surface area contributed by atoms with E-state index in [0.717, 1.165) is 46.6 Å². The van der Waals surface area contributed by atoms with Crippen LogP contribution in [0, 0.1) is 5.92 Å². The normalized spacial score (nSPS) is 12.8. The van der Waals surface area contributed by atoms with Crippen LogP contribution in [0.5, 0.6) is 0 Å². The highest BCUT2D eigenvalue weighted by Gasteiger charge is 2.20. The summed E-state index contributed by atoms with van der Waals surface area (Å²) in [5.74, 6) is 0.437. The lowest BCUT2D eigenvalue weighted by atomic mass is 9.90. The van der Waals surface area contributed by atoms with Gasteiger partial charge in [-0.1, -0.05) is 48.7 Å². The quantitative estimate of drug-likeness (QED) is 0.716. The van der Waals surface area contributed by atoms with Crippen LogP contribution in [0.15, 0.2) is 28.9 Å². The van der Waals surface area contributed by atoms with Gasteiger partial charge < -0.3 is 4.98 Å². The van der Waals surface area contributed by atoms with Gasteiger partial charge in [0.05, 0.1) is 0 Å². The number of nitrogens with one attached hydrogen (secondary N) is 1. The average Bonchev–Trinajstić information content (AvgIpc) is 2.82. The van der Waals surface area contributed by atoms with E-state index in [2.05, 4.69) is 34.8 Å². The Labute approximate surface area is 122 Å². The number of rotatable bonds is 6. The minimum absolute atomic E-state index is 0.155. The summed E-state index contributed by atoms with van der Waals surface area (Å²) in [6.07, 6.45) is 6.04. The first-order valence-electron chi connectivity index (χ1n) is 6.98. The Kier molecular flexibility index (Phi) is 4.81. The van der Waals surface area contributed by atoms with Crippen molar-refractivity contribution in [2.24, 2.45) is 5.92 Å².